The van der Waals surface area contributed by atoms with E-state index in [-0.39, 0.29) is 25.2 Å². The van der Waals surface area contributed by atoms with Crippen LogP contribution in [0.3, 0.4) is 0 Å². The van der Waals surface area contributed by atoms with Crippen molar-refractivity contribution in [1.82, 2.24) is 4.90 Å². The monoisotopic (exact) mass is 257 g/mol. The molecule has 1 saturated heterocycles. The summed E-state index contributed by atoms with van der Waals surface area (Å²) in [6, 6.07) is 0. The lowest BCUT2D eigenvalue weighted by atomic mass is 9.88. The van der Waals surface area contributed by atoms with Gasteiger partial charge in [0.25, 0.3) is 0 Å². The van der Waals surface area contributed by atoms with E-state index in [0.717, 1.165) is 4.90 Å². The smallest absolute Gasteiger partial charge is 0.411 e. The van der Waals surface area contributed by atoms with Gasteiger partial charge in [0.2, 0.25) is 0 Å². The normalized spacial score (nSPS) is 24.9. The Morgan fingerprint density at radius 1 is 1.39 bits per heavy atom. The van der Waals surface area contributed by atoms with Gasteiger partial charge in [-0.05, 0) is 27.7 Å². The molecule has 1 aliphatic heterocycles. The van der Waals surface area contributed by atoms with Crippen LogP contribution in [0.25, 0.3) is 0 Å². The van der Waals surface area contributed by atoms with Crippen molar-refractivity contribution in [2.24, 2.45) is 0 Å². The molecule has 6 nitrogen and oxygen atoms in total. The number of ketones is 1. The summed E-state index contributed by atoms with van der Waals surface area (Å²) in [6.07, 6.45) is -0.705. The van der Waals surface area contributed by atoms with Gasteiger partial charge in [-0.1, -0.05) is 0 Å². The fourth-order valence-electron chi connectivity index (χ4n) is 1.85. The summed E-state index contributed by atoms with van der Waals surface area (Å²) < 4.78 is 5.17. The van der Waals surface area contributed by atoms with E-state index >= 15 is 0 Å². The van der Waals surface area contributed by atoms with E-state index in [1.807, 2.05) is 0 Å². The summed E-state index contributed by atoms with van der Waals surface area (Å²) in [5, 5.41) is 9.23. The van der Waals surface area contributed by atoms with E-state index in [2.05, 4.69) is 0 Å². The molecule has 0 aliphatic carbocycles. The van der Waals surface area contributed by atoms with Gasteiger partial charge in [-0.2, -0.15) is 0 Å². The zero-order valence-corrected chi connectivity index (χ0v) is 11.1. The first-order valence-electron chi connectivity index (χ1n) is 5.82. The van der Waals surface area contributed by atoms with Crippen LogP contribution in [0.1, 0.15) is 40.5 Å². The highest BCUT2D eigenvalue weighted by Gasteiger charge is 2.48. The number of carboxylic acid groups (broad SMARTS) is 1. The Balaban J connectivity index is 2.95. The first-order chi connectivity index (χ1) is 8.06. The van der Waals surface area contributed by atoms with Crippen molar-refractivity contribution < 1.29 is 24.2 Å². The Bertz CT molecular complexity index is 384. The number of rotatable bonds is 1. The molecule has 18 heavy (non-hydrogen) atoms. The third kappa shape index (κ3) is 3.00. The van der Waals surface area contributed by atoms with Gasteiger partial charge in [0.15, 0.2) is 0 Å². The van der Waals surface area contributed by atoms with Crippen molar-refractivity contribution in [2.45, 2.75) is 51.7 Å². The number of ether oxygens (including phenoxy) is 1. The minimum Gasteiger partial charge on any atom is -0.479 e. The number of nitrogens with zero attached hydrogens (tertiary/aromatic N) is 1. The van der Waals surface area contributed by atoms with Crippen LogP contribution in [0.2, 0.25) is 0 Å². The average Bonchev–Trinajstić information content (AvgIpc) is 2.13. The third-order valence-corrected chi connectivity index (χ3v) is 2.83. The number of hydrogen-bond acceptors (Lipinski definition) is 4. The van der Waals surface area contributed by atoms with Crippen molar-refractivity contribution in [3.05, 3.63) is 0 Å². The van der Waals surface area contributed by atoms with Crippen LogP contribution in [0.15, 0.2) is 0 Å². The second-order valence-electron chi connectivity index (χ2n) is 5.68. The standard InChI is InChI=1S/C12H19NO5/c1-11(2,3)18-10(17)13-6-5-8(14)7-12(13,4)9(15)16/h5-7H2,1-4H3,(H,15,16)/t12-/m1/s1. The fourth-order valence-corrected chi connectivity index (χ4v) is 1.85. The van der Waals surface area contributed by atoms with Crippen molar-refractivity contribution >= 4 is 17.8 Å². The lowest BCUT2D eigenvalue weighted by molar-refractivity contribution is -0.155. The Morgan fingerprint density at radius 3 is 2.39 bits per heavy atom. The maximum Gasteiger partial charge on any atom is 0.411 e. The number of Topliss-reactive ketones (excluding diaryl/α,β-unsaturated/α-hetero) is 1. The molecule has 6 heteroatoms. The van der Waals surface area contributed by atoms with Crippen molar-refractivity contribution in [1.29, 1.82) is 0 Å². The molecule has 0 aromatic heterocycles. The summed E-state index contributed by atoms with van der Waals surface area (Å²) in [5.41, 5.74) is -2.21. The zero-order valence-electron chi connectivity index (χ0n) is 11.1. The van der Waals surface area contributed by atoms with Gasteiger partial charge < -0.3 is 9.84 Å². The van der Waals surface area contributed by atoms with Crippen molar-refractivity contribution in [2.75, 3.05) is 6.54 Å². The number of amides is 1. The highest BCUT2D eigenvalue weighted by molar-refractivity contribution is 5.93. The second-order valence-corrected chi connectivity index (χ2v) is 5.68. The Labute approximate surface area is 106 Å². The lowest BCUT2D eigenvalue weighted by Gasteiger charge is -2.41. The summed E-state index contributed by atoms with van der Waals surface area (Å²) in [7, 11) is 0. The minimum absolute atomic E-state index is 0.0799. The average molecular weight is 257 g/mol. The molecule has 1 rings (SSSR count). The molecule has 1 atom stereocenters. The van der Waals surface area contributed by atoms with Gasteiger partial charge in [0.1, 0.15) is 16.9 Å². The van der Waals surface area contributed by atoms with Gasteiger partial charge in [0.05, 0.1) is 0 Å². The fraction of sp³-hybridized carbons (Fsp3) is 0.750. The zero-order chi connectivity index (χ0) is 14.1. The molecular weight excluding hydrogens is 238 g/mol. The predicted molar refractivity (Wildman–Crippen MR) is 63.2 cm³/mol. The number of aliphatic carboxylic acids is 1. The summed E-state index contributed by atoms with van der Waals surface area (Å²) in [5.74, 6) is -1.35. The van der Waals surface area contributed by atoms with E-state index in [1.54, 1.807) is 20.8 Å². The van der Waals surface area contributed by atoms with Crippen LogP contribution in [0, 0.1) is 0 Å². The van der Waals surface area contributed by atoms with Crippen LogP contribution >= 0.6 is 0 Å². The van der Waals surface area contributed by atoms with E-state index < -0.39 is 23.2 Å². The Hall–Kier alpha value is -1.59. The van der Waals surface area contributed by atoms with E-state index in [0.29, 0.717) is 0 Å². The molecule has 102 valence electrons. The number of carbonyl (C=O) groups excluding carboxylic acids is 2. The predicted octanol–water partition coefficient (Wildman–Crippen LogP) is 1.43. The van der Waals surface area contributed by atoms with Gasteiger partial charge in [-0.3, -0.25) is 9.69 Å². The molecular formula is C12H19NO5. The number of carboxylic acids is 1. The van der Waals surface area contributed by atoms with E-state index in [9.17, 15) is 19.5 Å². The SMILES string of the molecule is CC(C)(C)OC(=O)N1CCC(=O)C[C@]1(C)C(=O)O. The summed E-state index contributed by atoms with van der Waals surface area (Å²) in [4.78, 5) is 35.8. The molecule has 1 heterocycles. The molecule has 0 unspecified atom stereocenters. The Kier molecular flexibility index (Phi) is 3.69. The van der Waals surface area contributed by atoms with Gasteiger partial charge in [-0.15, -0.1) is 0 Å². The van der Waals surface area contributed by atoms with Crippen LogP contribution < -0.4 is 0 Å². The lowest BCUT2D eigenvalue weighted by Crippen LogP contribution is -2.60. The molecule has 1 aliphatic rings. The highest BCUT2D eigenvalue weighted by atomic mass is 16.6. The first-order valence-corrected chi connectivity index (χ1v) is 5.82. The highest BCUT2D eigenvalue weighted by Crippen LogP contribution is 2.28. The van der Waals surface area contributed by atoms with E-state index in [1.165, 1.54) is 6.92 Å². The maximum absolute atomic E-state index is 12.0. The molecule has 1 N–H and O–H groups in total. The quantitative estimate of drug-likeness (QED) is 0.768. The number of hydrogen-bond donors (Lipinski definition) is 1. The number of carbonyl (C=O) groups is 3. The molecule has 0 radical (unpaired) electrons. The minimum atomic E-state index is -1.52. The molecule has 0 aromatic rings. The topological polar surface area (TPSA) is 83.9 Å². The van der Waals surface area contributed by atoms with Gasteiger partial charge in [0, 0.05) is 19.4 Å². The molecule has 0 saturated carbocycles. The molecule has 0 spiro atoms. The van der Waals surface area contributed by atoms with Gasteiger partial charge >= 0.3 is 12.1 Å². The van der Waals surface area contributed by atoms with Crippen LogP contribution in [-0.4, -0.2) is 45.5 Å². The first kappa shape index (κ1) is 14.5. The van der Waals surface area contributed by atoms with Crippen LogP contribution in [0.5, 0.6) is 0 Å². The van der Waals surface area contributed by atoms with Gasteiger partial charge in [-0.25, -0.2) is 9.59 Å². The van der Waals surface area contributed by atoms with Crippen LogP contribution in [-0.2, 0) is 14.3 Å². The van der Waals surface area contributed by atoms with Crippen LogP contribution in [0.4, 0.5) is 4.79 Å². The van der Waals surface area contributed by atoms with Crippen molar-refractivity contribution in [3.8, 4) is 0 Å². The van der Waals surface area contributed by atoms with Crippen molar-refractivity contribution in [3.63, 3.8) is 0 Å². The number of piperidine rings is 1. The maximum atomic E-state index is 12.0. The number of likely N-dealkylation sites (tertiary alicyclic amines) is 1. The summed E-state index contributed by atoms with van der Waals surface area (Å²) in [6.45, 7) is 6.57. The third-order valence-electron chi connectivity index (χ3n) is 2.83. The summed E-state index contributed by atoms with van der Waals surface area (Å²) >= 11 is 0. The molecule has 0 bridgehead atoms. The Morgan fingerprint density at radius 2 is 1.94 bits per heavy atom. The molecule has 0 aromatic carbocycles. The molecule has 1 fully saturated rings. The molecule has 1 amide bonds. The van der Waals surface area contributed by atoms with E-state index in [4.69, 9.17) is 4.74 Å². The second kappa shape index (κ2) is 4.59. The largest absolute Gasteiger partial charge is 0.479 e.